The zero-order chi connectivity index (χ0) is 13.1. The van der Waals surface area contributed by atoms with Gasteiger partial charge in [0.15, 0.2) is 0 Å². The molecule has 1 heterocycles. The molecule has 1 N–H and O–H groups in total. The van der Waals surface area contributed by atoms with Crippen LogP contribution in [0.5, 0.6) is 0 Å². The maximum absolute atomic E-state index is 12.0. The van der Waals surface area contributed by atoms with E-state index in [9.17, 15) is 9.00 Å². The molecule has 2 rings (SSSR count). The van der Waals surface area contributed by atoms with E-state index in [4.69, 9.17) is 5.11 Å². The lowest BCUT2D eigenvalue weighted by Crippen LogP contribution is -2.00. The molecule has 1 unspecified atom stereocenters. The van der Waals surface area contributed by atoms with E-state index in [1.54, 1.807) is 30.1 Å². The summed E-state index contributed by atoms with van der Waals surface area (Å²) in [5.41, 5.74) is 0.937. The first-order valence-electron chi connectivity index (χ1n) is 5.26. The van der Waals surface area contributed by atoms with Gasteiger partial charge in [-0.15, -0.1) is 0 Å². The monoisotopic (exact) mass is 264 g/mol. The van der Waals surface area contributed by atoms with Gasteiger partial charge in [-0.05, 0) is 30.3 Å². The molecular weight excluding hydrogens is 252 g/mol. The number of carbonyl (C=O) groups is 1. The van der Waals surface area contributed by atoms with Crippen LogP contribution in [-0.2, 0) is 23.6 Å². The molecule has 2 aromatic rings. The molecule has 0 aliphatic carbocycles. The number of carboxylic acids is 1. The van der Waals surface area contributed by atoms with Gasteiger partial charge in [0.1, 0.15) is 0 Å². The Balaban J connectivity index is 2.11. The molecule has 0 bridgehead atoms. The van der Waals surface area contributed by atoms with Crippen LogP contribution in [-0.4, -0.2) is 25.1 Å². The number of hydrogen-bond donors (Lipinski definition) is 1. The van der Waals surface area contributed by atoms with Crippen molar-refractivity contribution in [3.05, 3.63) is 47.8 Å². The summed E-state index contributed by atoms with van der Waals surface area (Å²) in [7, 11) is 0.588. The van der Waals surface area contributed by atoms with Gasteiger partial charge in [0.05, 0.1) is 27.8 Å². The van der Waals surface area contributed by atoms with Crippen LogP contribution < -0.4 is 0 Å². The minimum Gasteiger partial charge on any atom is -0.478 e. The van der Waals surface area contributed by atoms with Crippen LogP contribution in [0.25, 0.3) is 0 Å². The highest BCUT2D eigenvalue weighted by molar-refractivity contribution is 7.84. The Morgan fingerprint density at radius 3 is 2.50 bits per heavy atom. The topological polar surface area (TPSA) is 72.2 Å². The normalized spacial score (nSPS) is 12.3. The average Bonchev–Trinajstić information content (AvgIpc) is 2.75. The summed E-state index contributed by atoms with van der Waals surface area (Å²) in [4.78, 5) is 11.3. The van der Waals surface area contributed by atoms with Crippen molar-refractivity contribution in [1.82, 2.24) is 9.78 Å². The third-order valence-electron chi connectivity index (χ3n) is 2.41. The van der Waals surface area contributed by atoms with E-state index in [0.29, 0.717) is 10.6 Å². The first kappa shape index (κ1) is 12.5. The number of aryl methyl sites for hydroxylation is 1. The number of aromatic nitrogens is 2. The summed E-state index contributed by atoms with van der Waals surface area (Å²) < 4.78 is 13.7. The largest absolute Gasteiger partial charge is 0.478 e. The molecule has 0 radical (unpaired) electrons. The zero-order valence-corrected chi connectivity index (χ0v) is 10.6. The summed E-state index contributed by atoms with van der Waals surface area (Å²) in [6.45, 7) is 0. The molecule has 1 aromatic heterocycles. The van der Waals surface area contributed by atoms with Crippen molar-refractivity contribution < 1.29 is 14.1 Å². The molecule has 0 amide bonds. The van der Waals surface area contributed by atoms with Crippen LogP contribution >= 0.6 is 0 Å². The number of nitrogens with zero attached hydrogens (tertiary/aromatic N) is 2. The quantitative estimate of drug-likeness (QED) is 0.906. The van der Waals surface area contributed by atoms with Crippen molar-refractivity contribution in [1.29, 1.82) is 0 Å². The van der Waals surface area contributed by atoms with Gasteiger partial charge >= 0.3 is 5.97 Å². The Morgan fingerprint density at radius 1 is 1.33 bits per heavy atom. The fourth-order valence-corrected chi connectivity index (χ4v) is 2.54. The van der Waals surface area contributed by atoms with Crippen molar-refractivity contribution in [3.8, 4) is 0 Å². The van der Waals surface area contributed by atoms with Gasteiger partial charge < -0.3 is 5.11 Å². The zero-order valence-electron chi connectivity index (χ0n) is 9.74. The van der Waals surface area contributed by atoms with E-state index in [1.807, 2.05) is 6.07 Å². The maximum Gasteiger partial charge on any atom is 0.335 e. The van der Waals surface area contributed by atoms with Crippen LogP contribution in [0, 0.1) is 0 Å². The minimum absolute atomic E-state index is 0.189. The molecule has 0 fully saturated rings. The molecule has 0 saturated carbocycles. The highest BCUT2D eigenvalue weighted by atomic mass is 32.2. The Hall–Kier alpha value is -1.95. The van der Waals surface area contributed by atoms with Crippen LogP contribution in [0.15, 0.2) is 41.4 Å². The van der Waals surface area contributed by atoms with Gasteiger partial charge in [-0.3, -0.25) is 8.89 Å². The van der Waals surface area contributed by atoms with Crippen molar-refractivity contribution in [2.45, 2.75) is 10.6 Å². The lowest BCUT2D eigenvalue weighted by atomic mass is 10.2. The van der Waals surface area contributed by atoms with Gasteiger partial charge in [0.25, 0.3) is 0 Å². The van der Waals surface area contributed by atoms with Crippen molar-refractivity contribution >= 4 is 16.8 Å². The third-order valence-corrected chi connectivity index (χ3v) is 3.77. The first-order valence-corrected chi connectivity index (χ1v) is 6.58. The molecule has 94 valence electrons. The minimum atomic E-state index is -1.21. The van der Waals surface area contributed by atoms with Crippen molar-refractivity contribution in [3.63, 3.8) is 0 Å². The standard InChI is InChI=1S/C12H12N2O3S/c1-14-7-6-10(13-14)8-18(17)11-4-2-9(3-5-11)12(15)16/h2-7H,8H2,1H3,(H,15,16). The fraction of sp³-hybridized carbons (Fsp3) is 0.167. The van der Waals surface area contributed by atoms with E-state index in [0.717, 1.165) is 5.69 Å². The first-order chi connectivity index (χ1) is 8.56. The summed E-state index contributed by atoms with van der Waals surface area (Å²) in [5, 5.41) is 12.9. The summed E-state index contributed by atoms with van der Waals surface area (Å²) in [5.74, 6) is -0.662. The average molecular weight is 264 g/mol. The van der Waals surface area contributed by atoms with Crippen LogP contribution in [0.1, 0.15) is 16.1 Å². The van der Waals surface area contributed by atoms with E-state index in [-0.39, 0.29) is 5.56 Å². The van der Waals surface area contributed by atoms with E-state index in [2.05, 4.69) is 5.10 Å². The third kappa shape index (κ3) is 2.84. The SMILES string of the molecule is Cn1ccc(CS(=O)c2ccc(C(=O)O)cc2)n1. The molecule has 5 nitrogen and oxygen atoms in total. The molecule has 6 heteroatoms. The number of hydrogen-bond acceptors (Lipinski definition) is 3. The van der Waals surface area contributed by atoms with Gasteiger partial charge in [-0.1, -0.05) is 0 Å². The summed E-state index contributed by atoms with van der Waals surface area (Å²) >= 11 is 0. The highest BCUT2D eigenvalue weighted by Crippen LogP contribution is 2.12. The summed E-state index contributed by atoms with van der Waals surface area (Å²) in [6, 6.07) is 7.86. The van der Waals surface area contributed by atoms with Gasteiger partial charge in [0.2, 0.25) is 0 Å². The molecule has 0 saturated heterocycles. The van der Waals surface area contributed by atoms with Crippen LogP contribution in [0.4, 0.5) is 0 Å². The second-order valence-electron chi connectivity index (χ2n) is 3.80. The molecular formula is C12H12N2O3S. The molecule has 0 spiro atoms. The lowest BCUT2D eigenvalue weighted by molar-refractivity contribution is 0.0697. The molecule has 1 aromatic carbocycles. The second-order valence-corrected chi connectivity index (χ2v) is 5.25. The van der Waals surface area contributed by atoms with Crippen LogP contribution in [0.3, 0.4) is 0 Å². The van der Waals surface area contributed by atoms with E-state index >= 15 is 0 Å². The lowest BCUT2D eigenvalue weighted by Gasteiger charge is -2.01. The molecule has 18 heavy (non-hydrogen) atoms. The predicted molar refractivity (Wildman–Crippen MR) is 66.7 cm³/mol. The molecule has 0 aliphatic heterocycles. The fourth-order valence-electron chi connectivity index (χ4n) is 1.51. The summed E-state index contributed by atoms with van der Waals surface area (Å²) in [6.07, 6.45) is 1.79. The predicted octanol–water partition coefficient (Wildman–Crippen LogP) is 1.43. The van der Waals surface area contributed by atoms with Crippen molar-refractivity contribution in [2.24, 2.45) is 7.05 Å². The van der Waals surface area contributed by atoms with Crippen LogP contribution in [0.2, 0.25) is 0 Å². The van der Waals surface area contributed by atoms with E-state index in [1.165, 1.54) is 12.1 Å². The van der Waals surface area contributed by atoms with E-state index < -0.39 is 16.8 Å². The van der Waals surface area contributed by atoms with Crippen molar-refractivity contribution in [2.75, 3.05) is 0 Å². The smallest absolute Gasteiger partial charge is 0.335 e. The number of aromatic carboxylic acids is 1. The van der Waals surface area contributed by atoms with Gasteiger partial charge in [-0.2, -0.15) is 5.10 Å². The molecule has 1 atom stereocenters. The Labute approximate surface area is 107 Å². The number of benzene rings is 1. The number of carboxylic acid groups (broad SMARTS) is 1. The van der Waals surface area contributed by atoms with Gasteiger partial charge in [0, 0.05) is 18.1 Å². The molecule has 0 aliphatic rings. The second kappa shape index (κ2) is 5.14. The van der Waals surface area contributed by atoms with Gasteiger partial charge in [-0.25, -0.2) is 4.79 Å². The number of rotatable bonds is 4. The highest BCUT2D eigenvalue weighted by Gasteiger charge is 2.08. The Bertz CT molecular complexity index is 590. The Morgan fingerprint density at radius 2 is 2.00 bits per heavy atom. The Kier molecular flexibility index (Phi) is 3.57. The maximum atomic E-state index is 12.0.